The Hall–Kier alpha value is -2.41. The molecule has 2 aromatic rings. The van der Waals surface area contributed by atoms with Crippen molar-refractivity contribution in [1.29, 1.82) is 0 Å². The highest BCUT2D eigenvalue weighted by Gasteiger charge is 2.33. The second kappa shape index (κ2) is 7.23. The molecular formula is C18H23FN4O2. The fraction of sp³-hybridized carbons (Fsp3) is 0.444. The van der Waals surface area contributed by atoms with Crippen LogP contribution < -0.4 is 4.90 Å². The zero-order valence-corrected chi connectivity index (χ0v) is 14.8. The Morgan fingerprint density at radius 1 is 1.32 bits per heavy atom. The molecule has 0 saturated carbocycles. The average molecular weight is 346 g/mol. The van der Waals surface area contributed by atoms with Crippen LogP contribution in [0, 0.1) is 12.7 Å². The predicted molar refractivity (Wildman–Crippen MR) is 92.7 cm³/mol. The van der Waals surface area contributed by atoms with Crippen LogP contribution in [0.5, 0.6) is 0 Å². The maximum absolute atomic E-state index is 13.2. The Morgan fingerprint density at radius 3 is 2.64 bits per heavy atom. The fourth-order valence-electron chi connectivity index (χ4n) is 3.12. The summed E-state index contributed by atoms with van der Waals surface area (Å²) >= 11 is 0. The van der Waals surface area contributed by atoms with Crippen LogP contribution in [-0.4, -0.2) is 60.5 Å². The Morgan fingerprint density at radius 2 is 2.04 bits per heavy atom. The number of aryl methyl sites for hydroxylation is 1. The van der Waals surface area contributed by atoms with Crippen molar-refractivity contribution in [2.75, 3.05) is 38.6 Å². The molecule has 1 atom stereocenters. The molecule has 1 aliphatic rings. The molecule has 1 aromatic heterocycles. The lowest BCUT2D eigenvalue weighted by Gasteiger charge is -2.42. The number of hydrogen-bond donors (Lipinski definition) is 0. The minimum Gasteiger partial charge on any atom is -0.449 e. The van der Waals surface area contributed by atoms with Crippen LogP contribution in [-0.2, 0) is 11.3 Å². The number of piperazine rings is 1. The van der Waals surface area contributed by atoms with E-state index in [2.05, 4.69) is 14.8 Å². The molecule has 1 aliphatic heterocycles. The first kappa shape index (κ1) is 17.4. The van der Waals surface area contributed by atoms with Crippen LogP contribution in [0.15, 0.2) is 34.9 Å². The lowest BCUT2D eigenvalue weighted by molar-refractivity contribution is -0.135. The summed E-state index contributed by atoms with van der Waals surface area (Å²) in [7, 11) is 3.52. The standard InChI is InChI=1S/C18H23FN4O2/c1-13-20-15(12-25-13)10-23-9-8-22(11-17(23)18(24)21(2)3)16-6-4-14(19)5-7-16/h4-7,12,17H,8-11H2,1-3H3. The molecule has 0 aliphatic carbocycles. The molecule has 25 heavy (non-hydrogen) atoms. The minimum atomic E-state index is -0.286. The molecule has 0 radical (unpaired) electrons. The quantitative estimate of drug-likeness (QED) is 0.846. The molecule has 1 fully saturated rings. The lowest BCUT2D eigenvalue weighted by Crippen LogP contribution is -2.58. The molecule has 134 valence electrons. The van der Waals surface area contributed by atoms with Crippen molar-refractivity contribution in [3.8, 4) is 0 Å². The summed E-state index contributed by atoms with van der Waals surface area (Å²) in [5.74, 6) is 0.409. The van der Waals surface area contributed by atoms with Crippen LogP contribution in [0.3, 0.4) is 0 Å². The molecule has 6 nitrogen and oxygen atoms in total. The number of carbonyl (C=O) groups is 1. The summed E-state index contributed by atoms with van der Waals surface area (Å²) in [5.41, 5.74) is 1.75. The van der Waals surface area contributed by atoms with E-state index < -0.39 is 0 Å². The van der Waals surface area contributed by atoms with Gasteiger partial charge in [-0.1, -0.05) is 0 Å². The number of halogens is 1. The van der Waals surface area contributed by atoms with Gasteiger partial charge in [-0.05, 0) is 24.3 Å². The Balaban J connectivity index is 1.78. The summed E-state index contributed by atoms with van der Waals surface area (Å²) in [4.78, 5) is 22.9. The SMILES string of the molecule is Cc1nc(CN2CCN(c3ccc(F)cc3)CC2C(=O)N(C)C)co1. The van der Waals surface area contributed by atoms with Gasteiger partial charge in [0.15, 0.2) is 5.89 Å². The second-order valence-corrected chi connectivity index (χ2v) is 6.50. The molecule has 0 bridgehead atoms. The highest BCUT2D eigenvalue weighted by Crippen LogP contribution is 2.22. The zero-order valence-electron chi connectivity index (χ0n) is 14.8. The normalized spacial score (nSPS) is 18.4. The number of rotatable bonds is 4. The van der Waals surface area contributed by atoms with Crippen molar-refractivity contribution in [2.45, 2.75) is 19.5 Å². The number of amides is 1. The Kier molecular flexibility index (Phi) is 5.03. The van der Waals surface area contributed by atoms with E-state index >= 15 is 0 Å². The number of aromatic nitrogens is 1. The van der Waals surface area contributed by atoms with Crippen LogP contribution in [0.4, 0.5) is 10.1 Å². The molecule has 1 amide bonds. The maximum atomic E-state index is 13.2. The number of benzene rings is 1. The third kappa shape index (κ3) is 3.99. The van der Waals surface area contributed by atoms with Gasteiger partial charge in [0, 0.05) is 52.9 Å². The summed E-state index contributed by atoms with van der Waals surface area (Å²) in [5, 5.41) is 0. The van der Waals surface area contributed by atoms with Gasteiger partial charge in [-0.2, -0.15) is 0 Å². The van der Waals surface area contributed by atoms with Crippen LogP contribution in [0.2, 0.25) is 0 Å². The molecule has 3 rings (SSSR count). The van der Waals surface area contributed by atoms with E-state index in [0.29, 0.717) is 25.5 Å². The van der Waals surface area contributed by atoms with E-state index in [1.54, 1.807) is 44.3 Å². The third-order valence-electron chi connectivity index (χ3n) is 4.44. The Bertz CT molecular complexity index is 729. The number of hydrogen-bond acceptors (Lipinski definition) is 5. The van der Waals surface area contributed by atoms with Crippen molar-refractivity contribution < 1.29 is 13.6 Å². The monoisotopic (exact) mass is 346 g/mol. The smallest absolute Gasteiger partial charge is 0.241 e. The summed E-state index contributed by atoms with van der Waals surface area (Å²) in [6.07, 6.45) is 1.64. The van der Waals surface area contributed by atoms with Gasteiger partial charge in [-0.3, -0.25) is 9.69 Å². The highest BCUT2D eigenvalue weighted by molar-refractivity contribution is 5.82. The van der Waals surface area contributed by atoms with E-state index in [1.165, 1.54) is 12.1 Å². The number of nitrogens with zero attached hydrogens (tertiary/aromatic N) is 4. The first-order valence-electron chi connectivity index (χ1n) is 8.31. The first-order chi connectivity index (χ1) is 11.9. The van der Waals surface area contributed by atoms with Crippen molar-refractivity contribution in [1.82, 2.24) is 14.8 Å². The molecule has 2 heterocycles. The topological polar surface area (TPSA) is 52.8 Å². The van der Waals surface area contributed by atoms with E-state index in [0.717, 1.165) is 17.9 Å². The van der Waals surface area contributed by atoms with Crippen LogP contribution >= 0.6 is 0 Å². The molecular weight excluding hydrogens is 323 g/mol. The van der Waals surface area contributed by atoms with Gasteiger partial charge in [-0.15, -0.1) is 0 Å². The van der Waals surface area contributed by atoms with Gasteiger partial charge >= 0.3 is 0 Å². The minimum absolute atomic E-state index is 0.0482. The molecule has 1 saturated heterocycles. The van der Waals surface area contributed by atoms with Crippen molar-refractivity contribution in [2.24, 2.45) is 0 Å². The molecule has 1 unspecified atom stereocenters. The van der Waals surface area contributed by atoms with Crippen LogP contribution in [0.25, 0.3) is 0 Å². The van der Waals surface area contributed by atoms with E-state index in [4.69, 9.17) is 4.42 Å². The molecule has 1 aromatic carbocycles. The highest BCUT2D eigenvalue weighted by atomic mass is 19.1. The van der Waals surface area contributed by atoms with E-state index in [1.807, 2.05) is 0 Å². The second-order valence-electron chi connectivity index (χ2n) is 6.50. The predicted octanol–water partition coefficient (Wildman–Crippen LogP) is 1.90. The van der Waals surface area contributed by atoms with Gasteiger partial charge in [-0.25, -0.2) is 9.37 Å². The molecule has 7 heteroatoms. The maximum Gasteiger partial charge on any atom is 0.241 e. The summed E-state index contributed by atoms with van der Waals surface area (Å²) in [6, 6.07) is 6.11. The summed E-state index contributed by atoms with van der Waals surface area (Å²) in [6.45, 7) is 4.41. The fourth-order valence-corrected chi connectivity index (χ4v) is 3.12. The van der Waals surface area contributed by atoms with Crippen molar-refractivity contribution in [3.05, 3.63) is 47.9 Å². The lowest BCUT2D eigenvalue weighted by atomic mass is 10.1. The van der Waals surface area contributed by atoms with Gasteiger partial charge in [0.2, 0.25) is 5.91 Å². The number of anilines is 1. The number of oxazole rings is 1. The molecule has 0 N–H and O–H groups in total. The van der Waals surface area contributed by atoms with Gasteiger partial charge in [0.05, 0.1) is 5.69 Å². The summed E-state index contributed by atoms with van der Waals surface area (Å²) < 4.78 is 18.4. The Labute approximate surface area is 146 Å². The van der Waals surface area contributed by atoms with Crippen LogP contribution in [0.1, 0.15) is 11.6 Å². The molecule has 0 spiro atoms. The van der Waals surface area contributed by atoms with Gasteiger partial charge < -0.3 is 14.2 Å². The zero-order chi connectivity index (χ0) is 18.0. The van der Waals surface area contributed by atoms with Crippen molar-refractivity contribution >= 4 is 11.6 Å². The van der Waals surface area contributed by atoms with E-state index in [9.17, 15) is 9.18 Å². The number of carbonyl (C=O) groups excluding carboxylic acids is 1. The van der Waals surface area contributed by atoms with Gasteiger partial charge in [0.25, 0.3) is 0 Å². The van der Waals surface area contributed by atoms with Gasteiger partial charge in [0.1, 0.15) is 18.1 Å². The largest absolute Gasteiger partial charge is 0.449 e. The first-order valence-corrected chi connectivity index (χ1v) is 8.31. The van der Waals surface area contributed by atoms with E-state index in [-0.39, 0.29) is 17.8 Å². The number of likely N-dealkylation sites (N-methyl/N-ethyl adjacent to an activating group) is 1. The van der Waals surface area contributed by atoms with Crippen molar-refractivity contribution in [3.63, 3.8) is 0 Å². The third-order valence-corrected chi connectivity index (χ3v) is 4.44. The average Bonchev–Trinajstić information content (AvgIpc) is 3.00.